The van der Waals surface area contributed by atoms with Gasteiger partial charge in [0.2, 0.25) is 0 Å². The van der Waals surface area contributed by atoms with E-state index in [1.807, 2.05) is 54.6 Å². The highest BCUT2D eigenvalue weighted by atomic mass is 16.3. The predicted octanol–water partition coefficient (Wildman–Crippen LogP) is 4.09. The molecule has 2 heterocycles. The Bertz CT molecular complexity index is 1130. The fourth-order valence-corrected chi connectivity index (χ4v) is 2.74. The highest BCUT2D eigenvalue weighted by Crippen LogP contribution is 2.24. The maximum atomic E-state index is 12.2. The van der Waals surface area contributed by atoms with Crippen LogP contribution in [0.3, 0.4) is 0 Å². The van der Waals surface area contributed by atoms with E-state index < -0.39 is 0 Å². The van der Waals surface area contributed by atoms with Gasteiger partial charge < -0.3 is 10.4 Å². The lowest BCUT2D eigenvalue weighted by molar-refractivity contribution is 0.102. The number of amides is 1. The van der Waals surface area contributed by atoms with Gasteiger partial charge in [-0.25, -0.2) is 4.98 Å². The summed E-state index contributed by atoms with van der Waals surface area (Å²) >= 11 is 0. The summed E-state index contributed by atoms with van der Waals surface area (Å²) in [4.78, 5) is 16.7. The number of benzene rings is 2. The third-order valence-electron chi connectivity index (χ3n) is 4.11. The molecule has 0 unspecified atom stereocenters. The molecule has 0 radical (unpaired) electrons. The van der Waals surface area contributed by atoms with E-state index in [0.717, 1.165) is 10.9 Å². The van der Waals surface area contributed by atoms with Crippen LogP contribution < -0.4 is 5.32 Å². The van der Waals surface area contributed by atoms with Gasteiger partial charge >= 0.3 is 0 Å². The van der Waals surface area contributed by atoms with Gasteiger partial charge in [0.1, 0.15) is 17.0 Å². The van der Waals surface area contributed by atoms with Crippen LogP contribution in [0.2, 0.25) is 0 Å². The number of hydrogen-bond acceptors (Lipinski definition) is 4. The van der Waals surface area contributed by atoms with Crippen molar-refractivity contribution < 1.29 is 9.90 Å². The predicted molar refractivity (Wildman–Crippen MR) is 105 cm³/mol. The average molecular weight is 356 g/mol. The first kappa shape index (κ1) is 16.5. The van der Waals surface area contributed by atoms with Crippen molar-refractivity contribution in [3.8, 4) is 5.75 Å². The molecular weight excluding hydrogens is 340 g/mol. The monoisotopic (exact) mass is 356 g/mol. The second-order valence-electron chi connectivity index (χ2n) is 5.93. The van der Waals surface area contributed by atoms with Gasteiger partial charge in [-0.2, -0.15) is 5.10 Å². The van der Waals surface area contributed by atoms with Gasteiger partial charge in [-0.15, -0.1) is 0 Å². The van der Waals surface area contributed by atoms with Crippen molar-refractivity contribution in [3.63, 3.8) is 0 Å². The van der Waals surface area contributed by atoms with Crippen molar-refractivity contribution >= 4 is 34.6 Å². The Kier molecular flexibility index (Phi) is 4.37. The molecule has 0 spiro atoms. The summed E-state index contributed by atoms with van der Waals surface area (Å²) in [5, 5.41) is 20.1. The normalized spacial score (nSPS) is 11.1. The summed E-state index contributed by atoms with van der Waals surface area (Å²) in [5.74, 6) is -0.114. The van der Waals surface area contributed by atoms with Crippen LogP contribution in [-0.2, 0) is 0 Å². The van der Waals surface area contributed by atoms with Crippen LogP contribution in [0.25, 0.3) is 23.1 Å². The Balaban J connectivity index is 1.61. The standard InChI is InChI=1S/C21H16N4O2/c26-19-7-3-5-15-9-11-16(23-20(15)19)10-8-14-4-1-2-6-17(14)24-21(27)18-12-13-22-25-18/h1-13,26H,(H,22,25)(H,24,27). The van der Waals surface area contributed by atoms with Crippen LogP contribution in [0.1, 0.15) is 21.7 Å². The second-order valence-corrected chi connectivity index (χ2v) is 5.93. The van der Waals surface area contributed by atoms with Gasteiger partial charge in [0, 0.05) is 17.3 Å². The number of nitrogens with one attached hydrogen (secondary N) is 2. The SMILES string of the molecule is O=C(Nc1ccccc1C=Cc1ccc2cccc(O)c2n1)c1ccn[nH]1. The van der Waals surface area contributed by atoms with E-state index in [-0.39, 0.29) is 11.7 Å². The number of rotatable bonds is 4. The highest BCUT2D eigenvalue weighted by Gasteiger charge is 2.09. The van der Waals surface area contributed by atoms with E-state index >= 15 is 0 Å². The largest absolute Gasteiger partial charge is 0.506 e. The van der Waals surface area contributed by atoms with Crippen molar-refractivity contribution in [2.75, 3.05) is 5.32 Å². The fraction of sp³-hybridized carbons (Fsp3) is 0. The summed E-state index contributed by atoms with van der Waals surface area (Å²) < 4.78 is 0. The number of fused-ring (bicyclic) bond motifs is 1. The van der Waals surface area contributed by atoms with Crippen LogP contribution in [0, 0.1) is 0 Å². The van der Waals surface area contributed by atoms with E-state index in [9.17, 15) is 9.90 Å². The number of phenols is 1. The summed E-state index contributed by atoms with van der Waals surface area (Å²) in [5.41, 5.74) is 3.17. The Morgan fingerprint density at radius 2 is 1.89 bits per heavy atom. The van der Waals surface area contributed by atoms with Gasteiger partial charge in [-0.1, -0.05) is 42.5 Å². The number of anilines is 1. The molecule has 6 heteroatoms. The molecule has 4 aromatic rings. The van der Waals surface area contributed by atoms with Crippen molar-refractivity contribution in [1.82, 2.24) is 15.2 Å². The number of aromatic amines is 1. The minimum Gasteiger partial charge on any atom is -0.506 e. The summed E-state index contributed by atoms with van der Waals surface area (Å²) in [7, 11) is 0. The number of carbonyl (C=O) groups excluding carboxylic acids is 1. The molecule has 4 rings (SSSR count). The van der Waals surface area contributed by atoms with Gasteiger partial charge in [-0.05, 0) is 35.9 Å². The fourth-order valence-electron chi connectivity index (χ4n) is 2.74. The molecule has 1 amide bonds. The molecule has 2 aromatic heterocycles. The number of nitrogens with zero attached hydrogens (tertiary/aromatic N) is 2. The zero-order chi connectivity index (χ0) is 18.6. The van der Waals surface area contributed by atoms with Crippen molar-refractivity contribution in [2.45, 2.75) is 0 Å². The summed E-state index contributed by atoms with van der Waals surface area (Å²) in [6.07, 6.45) is 5.24. The van der Waals surface area contributed by atoms with Crippen LogP contribution in [0.4, 0.5) is 5.69 Å². The molecule has 0 fully saturated rings. The number of aromatic hydroxyl groups is 1. The molecule has 132 valence electrons. The zero-order valence-corrected chi connectivity index (χ0v) is 14.3. The van der Waals surface area contributed by atoms with Crippen molar-refractivity contribution in [2.24, 2.45) is 0 Å². The first-order valence-electron chi connectivity index (χ1n) is 8.37. The lowest BCUT2D eigenvalue weighted by Gasteiger charge is -2.07. The Morgan fingerprint density at radius 1 is 1.00 bits per heavy atom. The lowest BCUT2D eigenvalue weighted by Crippen LogP contribution is -2.13. The van der Waals surface area contributed by atoms with Gasteiger partial charge in [0.05, 0.1) is 5.69 Å². The van der Waals surface area contributed by atoms with Crippen LogP contribution in [0.5, 0.6) is 5.75 Å². The molecule has 2 aromatic carbocycles. The molecule has 0 saturated carbocycles. The van der Waals surface area contributed by atoms with E-state index in [2.05, 4.69) is 20.5 Å². The number of phenolic OH excluding ortho intramolecular Hbond substituents is 1. The van der Waals surface area contributed by atoms with Crippen LogP contribution >= 0.6 is 0 Å². The van der Waals surface area contributed by atoms with Gasteiger partial charge in [-0.3, -0.25) is 9.89 Å². The number of para-hydroxylation sites is 2. The van der Waals surface area contributed by atoms with E-state index in [0.29, 0.717) is 22.6 Å². The summed E-state index contributed by atoms with van der Waals surface area (Å²) in [6.45, 7) is 0. The molecule has 27 heavy (non-hydrogen) atoms. The van der Waals surface area contributed by atoms with Gasteiger partial charge in [0.25, 0.3) is 5.91 Å². The van der Waals surface area contributed by atoms with E-state index in [4.69, 9.17) is 0 Å². The topological polar surface area (TPSA) is 90.9 Å². The number of hydrogen-bond donors (Lipinski definition) is 3. The Labute approximate surface area is 155 Å². The molecule has 0 saturated heterocycles. The molecule has 3 N–H and O–H groups in total. The van der Waals surface area contributed by atoms with E-state index in [1.165, 1.54) is 6.20 Å². The third-order valence-corrected chi connectivity index (χ3v) is 4.11. The molecule has 0 aliphatic carbocycles. The quantitative estimate of drug-likeness (QED) is 0.514. The first-order chi connectivity index (χ1) is 13.2. The minimum absolute atomic E-state index is 0.148. The van der Waals surface area contributed by atoms with Crippen molar-refractivity contribution in [3.05, 3.63) is 83.8 Å². The molecule has 0 aliphatic heterocycles. The molecule has 0 aliphatic rings. The maximum Gasteiger partial charge on any atom is 0.273 e. The molecule has 0 atom stereocenters. The smallest absolute Gasteiger partial charge is 0.273 e. The average Bonchev–Trinajstić information content (AvgIpc) is 3.23. The minimum atomic E-state index is -0.262. The number of carbonyl (C=O) groups is 1. The maximum absolute atomic E-state index is 12.2. The number of pyridine rings is 1. The molecule has 0 bridgehead atoms. The zero-order valence-electron chi connectivity index (χ0n) is 14.3. The summed E-state index contributed by atoms with van der Waals surface area (Å²) in [6, 6.07) is 18.2. The first-order valence-corrected chi connectivity index (χ1v) is 8.37. The van der Waals surface area contributed by atoms with E-state index in [1.54, 1.807) is 18.2 Å². The number of aromatic nitrogens is 3. The third kappa shape index (κ3) is 3.55. The van der Waals surface area contributed by atoms with Gasteiger partial charge in [0.15, 0.2) is 0 Å². The molecular formula is C21H16N4O2. The van der Waals surface area contributed by atoms with Crippen molar-refractivity contribution in [1.29, 1.82) is 0 Å². The lowest BCUT2D eigenvalue weighted by atomic mass is 10.1. The Morgan fingerprint density at radius 3 is 2.74 bits per heavy atom. The second kappa shape index (κ2) is 7.13. The van der Waals surface area contributed by atoms with Crippen LogP contribution in [0.15, 0.2) is 66.9 Å². The Hall–Kier alpha value is -3.93. The van der Waals surface area contributed by atoms with Crippen LogP contribution in [-0.4, -0.2) is 26.2 Å². The molecule has 6 nitrogen and oxygen atoms in total. The highest BCUT2D eigenvalue weighted by molar-refractivity contribution is 6.04. The number of H-pyrrole nitrogens is 1.